The highest BCUT2D eigenvalue weighted by atomic mass is 16.5. The number of carbonyl (C=O) groups is 1. The highest BCUT2D eigenvalue weighted by Crippen LogP contribution is 2.26. The molecule has 1 atom stereocenters. The molecule has 7 nitrogen and oxygen atoms in total. The first kappa shape index (κ1) is 19.7. The Morgan fingerprint density at radius 1 is 1.20 bits per heavy atom. The maximum atomic E-state index is 12.4. The van der Waals surface area contributed by atoms with E-state index in [-0.39, 0.29) is 12.6 Å². The molecule has 0 aliphatic heterocycles. The van der Waals surface area contributed by atoms with E-state index in [1.165, 1.54) is 6.39 Å². The largest absolute Gasteiger partial charge is 0.445 e. The van der Waals surface area contributed by atoms with Gasteiger partial charge in [-0.3, -0.25) is 0 Å². The fraction of sp³-hybridized carbons (Fsp3) is 0.261. The van der Waals surface area contributed by atoms with Crippen molar-refractivity contribution in [1.29, 1.82) is 0 Å². The number of amides is 1. The minimum absolute atomic E-state index is 0.224. The Morgan fingerprint density at radius 2 is 2.03 bits per heavy atom. The number of fused-ring (bicyclic) bond motifs is 1. The molecule has 0 aliphatic rings. The molecule has 0 unspecified atom stereocenters. The molecular formula is C23H24N4O3. The summed E-state index contributed by atoms with van der Waals surface area (Å²) in [7, 11) is 0. The Kier molecular flexibility index (Phi) is 5.79. The van der Waals surface area contributed by atoms with Crippen molar-refractivity contribution < 1.29 is 13.9 Å². The highest BCUT2D eigenvalue weighted by molar-refractivity contribution is 5.81. The van der Waals surface area contributed by atoms with Crippen LogP contribution in [0.25, 0.3) is 22.4 Å². The first-order valence-corrected chi connectivity index (χ1v) is 9.94. The number of ether oxygens (including phenoxy) is 1. The van der Waals surface area contributed by atoms with E-state index in [2.05, 4.69) is 34.1 Å². The number of hydrogen-bond acceptors (Lipinski definition) is 5. The molecule has 1 amide bonds. The molecule has 4 rings (SSSR count). The van der Waals surface area contributed by atoms with Crippen molar-refractivity contribution in [3.05, 3.63) is 72.5 Å². The summed E-state index contributed by atoms with van der Waals surface area (Å²) >= 11 is 0. The zero-order valence-corrected chi connectivity index (χ0v) is 17.0. The molecule has 0 aliphatic carbocycles. The van der Waals surface area contributed by atoms with Crippen molar-refractivity contribution in [3.8, 4) is 11.3 Å². The van der Waals surface area contributed by atoms with Gasteiger partial charge in [-0.05, 0) is 36.1 Å². The summed E-state index contributed by atoms with van der Waals surface area (Å²) in [6, 6.07) is 15.1. The van der Waals surface area contributed by atoms with Crippen LogP contribution in [0.4, 0.5) is 4.79 Å². The predicted molar refractivity (Wildman–Crippen MR) is 114 cm³/mol. The maximum Gasteiger partial charge on any atom is 0.408 e. The maximum absolute atomic E-state index is 12.4. The lowest BCUT2D eigenvalue weighted by atomic mass is 10.0. The highest BCUT2D eigenvalue weighted by Gasteiger charge is 2.21. The van der Waals surface area contributed by atoms with E-state index in [1.807, 2.05) is 48.5 Å². The van der Waals surface area contributed by atoms with Gasteiger partial charge in [-0.2, -0.15) is 0 Å². The number of H-pyrrole nitrogens is 1. The van der Waals surface area contributed by atoms with Crippen LogP contribution in [0.1, 0.15) is 37.7 Å². The van der Waals surface area contributed by atoms with Gasteiger partial charge in [0.1, 0.15) is 12.4 Å². The quantitative estimate of drug-likeness (QED) is 0.440. The van der Waals surface area contributed by atoms with Crippen LogP contribution in [0, 0.1) is 5.92 Å². The lowest BCUT2D eigenvalue weighted by molar-refractivity contribution is 0.134. The molecule has 2 N–H and O–H groups in total. The fourth-order valence-electron chi connectivity index (χ4n) is 3.32. The van der Waals surface area contributed by atoms with E-state index in [0.29, 0.717) is 17.5 Å². The topological polar surface area (TPSA) is 93.0 Å². The number of aromatic nitrogens is 3. The minimum Gasteiger partial charge on any atom is -0.445 e. The molecule has 0 fully saturated rings. The first-order valence-electron chi connectivity index (χ1n) is 9.94. The van der Waals surface area contributed by atoms with Crippen LogP contribution in [0.5, 0.6) is 0 Å². The van der Waals surface area contributed by atoms with Gasteiger partial charge >= 0.3 is 6.09 Å². The van der Waals surface area contributed by atoms with Crippen molar-refractivity contribution in [2.24, 2.45) is 5.92 Å². The molecule has 0 bridgehead atoms. The van der Waals surface area contributed by atoms with Crippen LogP contribution in [0.15, 0.2) is 65.5 Å². The Hall–Kier alpha value is -3.61. The minimum atomic E-state index is -0.465. The van der Waals surface area contributed by atoms with Crippen molar-refractivity contribution in [2.45, 2.75) is 32.9 Å². The number of carbonyl (C=O) groups excluding carboxylic acids is 1. The Balaban J connectivity index is 1.51. The summed E-state index contributed by atoms with van der Waals surface area (Å²) in [4.78, 5) is 24.4. The van der Waals surface area contributed by atoms with Gasteiger partial charge in [-0.15, -0.1) is 0 Å². The summed E-state index contributed by atoms with van der Waals surface area (Å²) in [5.41, 5.74) is 3.54. The van der Waals surface area contributed by atoms with Gasteiger partial charge in [-0.25, -0.2) is 14.8 Å². The molecule has 2 aromatic carbocycles. The van der Waals surface area contributed by atoms with Crippen molar-refractivity contribution >= 4 is 17.1 Å². The van der Waals surface area contributed by atoms with Crippen molar-refractivity contribution in [2.75, 3.05) is 0 Å². The third-order valence-electron chi connectivity index (χ3n) is 4.76. The summed E-state index contributed by atoms with van der Waals surface area (Å²) in [6.07, 6.45) is 3.34. The number of oxazole rings is 1. The summed E-state index contributed by atoms with van der Waals surface area (Å²) in [6.45, 7) is 4.44. The standard InChI is InChI=1S/C23H24N4O3/c1-15(2)10-20(27-23(28)29-13-16-6-4-3-5-7-16)22-25-18-9-8-17(11-19(18)26-22)21-12-24-14-30-21/h3-9,11-12,14-15,20H,10,13H2,1-2H3,(H,25,26)(H,27,28)/t20-/m1/s1. The van der Waals surface area contributed by atoms with E-state index >= 15 is 0 Å². The molecular weight excluding hydrogens is 380 g/mol. The van der Waals surface area contributed by atoms with Crippen molar-refractivity contribution in [1.82, 2.24) is 20.3 Å². The molecule has 2 heterocycles. The van der Waals surface area contributed by atoms with Gasteiger partial charge in [0, 0.05) is 5.56 Å². The van der Waals surface area contributed by atoms with E-state index in [4.69, 9.17) is 9.15 Å². The number of imidazole rings is 1. The SMILES string of the molecule is CC(C)C[C@@H](NC(=O)OCc1ccccc1)c1nc2ccc(-c3cnco3)cc2[nH]1. The number of hydrogen-bond donors (Lipinski definition) is 2. The lowest BCUT2D eigenvalue weighted by Gasteiger charge is -2.18. The average molecular weight is 404 g/mol. The number of nitrogens with zero attached hydrogens (tertiary/aromatic N) is 2. The molecule has 30 heavy (non-hydrogen) atoms. The Morgan fingerprint density at radius 3 is 2.77 bits per heavy atom. The molecule has 0 saturated carbocycles. The third kappa shape index (κ3) is 4.68. The van der Waals surface area contributed by atoms with Crippen molar-refractivity contribution in [3.63, 3.8) is 0 Å². The number of nitrogens with one attached hydrogen (secondary N) is 2. The normalized spacial score (nSPS) is 12.2. The van der Waals surface area contributed by atoms with Gasteiger partial charge in [0.2, 0.25) is 0 Å². The van der Waals surface area contributed by atoms with Crippen LogP contribution >= 0.6 is 0 Å². The van der Waals surface area contributed by atoms with Crippen LogP contribution in [-0.2, 0) is 11.3 Å². The van der Waals surface area contributed by atoms with Crippen LogP contribution in [-0.4, -0.2) is 21.0 Å². The zero-order chi connectivity index (χ0) is 20.9. The molecule has 0 spiro atoms. The summed E-state index contributed by atoms with van der Waals surface area (Å²) < 4.78 is 10.8. The van der Waals surface area contributed by atoms with E-state index in [9.17, 15) is 4.79 Å². The van der Waals surface area contributed by atoms with E-state index in [0.717, 1.165) is 28.6 Å². The smallest absolute Gasteiger partial charge is 0.408 e. The van der Waals surface area contributed by atoms with Gasteiger partial charge in [0.05, 0.1) is 23.3 Å². The number of alkyl carbamates (subject to hydrolysis) is 1. The number of rotatable bonds is 7. The number of benzene rings is 2. The predicted octanol–water partition coefficient (Wildman–Crippen LogP) is 5.23. The molecule has 2 aromatic heterocycles. The monoisotopic (exact) mass is 404 g/mol. The summed E-state index contributed by atoms with van der Waals surface area (Å²) in [5, 5.41) is 2.95. The second-order valence-electron chi connectivity index (χ2n) is 7.61. The Bertz CT molecular complexity index is 1100. The van der Waals surface area contributed by atoms with Gasteiger partial charge in [0.25, 0.3) is 0 Å². The molecule has 154 valence electrons. The summed E-state index contributed by atoms with van der Waals surface area (Å²) in [5.74, 6) is 1.75. The molecule has 7 heteroatoms. The van der Waals surface area contributed by atoms with Gasteiger partial charge < -0.3 is 19.5 Å². The molecule has 4 aromatic rings. The third-order valence-corrected chi connectivity index (χ3v) is 4.76. The molecule has 0 saturated heterocycles. The fourth-order valence-corrected chi connectivity index (χ4v) is 3.32. The van der Waals surface area contributed by atoms with E-state index in [1.54, 1.807) is 6.20 Å². The lowest BCUT2D eigenvalue weighted by Crippen LogP contribution is -2.30. The first-order chi connectivity index (χ1) is 14.6. The van der Waals surface area contributed by atoms with E-state index < -0.39 is 6.09 Å². The number of aromatic amines is 1. The van der Waals surface area contributed by atoms with Crippen LogP contribution in [0.2, 0.25) is 0 Å². The average Bonchev–Trinajstić information content (AvgIpc) is 3.41. The Labute approximate surface area is 174 Å². The molecule has 0 radical (unpaired) electrons. The second kappa shape index (κ2) is 8.82. The van der Waals surface area contributed by atoms with Crippen LogP contribution < -0.4 is 5.32 Å². The van der Waals surface area contributed by atoms with Crippen LogP contribution in [0.3, 0.4) is 0 Å². The van der Waals surface area contributed by atoms with Gasteiger partial charge in [-0.1, -0.05) is 44.2 Å². The van der Waals surface area contributed by atoms with Gasteiger partial charge in [0.15, 0.2) is 12.2 Å². The second-order valence-corrected chi connectivity index (χ2v) is 7.61. The zero-order valence-electron chi connectivity index (χ0n) is 17.0.